The fourth-order valence-corrected chi connectivity index (χ4v) is 5.60. The first-order valence-electron chi connectivity index (χ1n) is 15.0. The van der Waals surface area contributed by atoms with Gasteiger partial charge in [0.1, 0.15) is 0 Å². The van der Waals surface area contributed by atoms with E-state index in [-0.39, 0.29) is 23.8 Å². The van der Waals surface area contributed by atoms with E-state index in [4.69, 9.17) is 11.6 Å². The van der Waals surface area contributed by atoms with E-state index in [0.717, 1.165) is 38.0 Å². The number of halogens is 1. The summed E-state index contributed by atoms with van der Waals surface area (Å²) in [7, 11) is 1.90. The van der Waals surface area contributed by atoms with Crippen molar-refractivity contribution in [3.8, 4) is 0 Å². The number of likely N-dealkylation sites (N-methyl/N-ethyl adjacent to an activating group) is 1. The lowest BCUT2D eigenvalue weighted by Crippen LogP contribution is -2.48. The van der Waals surface area contributed by atoms with Crippen molar-refractivity contribution in [2.75, 3.05) is 46.3 Å². The zero-order chi connectivity index (χ0) is 29.6. The molecule has 2 amide bonds. The van der Waals surface area contributed by atoms with E-state index in [9.17, 15) is 9.59 Å². The van der Waals surface area contributed by atoms with E-state index in [1.165, 1.54) is 30.0 Å². The Morgan fingerprint density at radius 3 is 2.14 bits per heavy atom. The predicted molar refractivity (Wildman–Crippen MR) is 173 cm³/mol. The summed E-state index contributed by atoms with van der Waals surface area (Å²) in [6.07, 6.45) is 7.50. The van der Waals surface area contributed by atoms with Crippen LogP contribution in [0.1, 0.15) is 48.3 Å². The highest BCUT2D eigenvalue weighted by atomic mass is 35.5. The Bertz CT molecular complexity index is 1220. The van der Waals surface area contributed by atoms with Crippen molar-refractivity contribution in [3.63, 3.8) is 0 Å². The number of amides is 2. The number of hydrogen-bond acceptors (Lipinski definition) is 4. The molecule has 0 unspecified atom stereocenters. The zero-order valence-corrected chi connectivity index (χ0v) is 25.3. The summed E-state index contributed by atoms with van der Waals surface area (Å²) in [5.41, 5.74) is 3.29. The minimum Gasteiger partial charge on any atom is -0.351 e. The van der Waals surface area contributed by atoms with E-state index in [0.29, 0.717) is 24.7 Å². The minimum absolute atomic E-state index is 0.0818. The molecule has 0 aromatic heterocycles. The quantitative estimate of drug-likeness (QED) is 0.180. The molecule has 1 fully saturated rings. The lowest BCUT2D eigenvalue weighted by Gasteiger charge is -2.29. The Kier molecular flexibility index (Phi) is 12.6. The molecule has 1 saturated heterocycles. The van der Waals surface area contributed by atoms with Gasteiger partial charge < -0.3 is 20.4 Å². The second-order valence-corrected chi connectivity index (χ2v) is 11.4. The van der Waals surface area contributed by atoms with Gasteiger partial charge in [0.05, 0.1) is 6.04 Å². The highest BCUT2D eigenvalue weighted by molar-refractivity contribution is 6.30. The van der Waals surface area contributed by atoms with Crippen LogP contribution < -0.4 is 10.6 Å². The maximum atomic E-state index is 13.8. The van der Waals surface area contributed by atoms with Gasteiger partial charge in [0.15, 0.2) is 0 Å². The lowest BCUT2D eigenvalue weighted by atomic mass is 9.90. The fourth-order valence-electron chi connectivity index (χ4n) is 5.48. The number of nitrogens with one attached hydrogen (secondary N) is 2. The molecule has 222 valence electrons. The summed E-state index contributed by atoms with van der Waals surface area (Å²) in [5.74, 6) is -0.00472. The van der Waals surface area contributed by atoms with Crippen LogP contribution in [-0.2, 0) is 9.59 Å². The molecule has 7 heteroatoms. The van der Waals surface area contributed by atoms with E-state index in [2.05, 4.69) is 64.1 Å². The second kappa shape index (κ2) is 16.9. The first kappa shape index (κ1) is 31.5. The van der Waals surface area contributed by atoms with Gasteiger partial charge >= 0.3 is 0 Å². The Balaban J connectivity index is 1.34. The number of hydrogen-bond donors (Lipinski definition) is 2. The molecule has 2 N–H and O–H groups in total. The summed E-state index contributed by atoms with van der Waals surface area (Å²) in [5, 5.41) is 7.03. The van der Waals surface area contributed by atoms with Crippen LogP contribution in [0.25, 0.3) is 6.08 Å². The van der Waals surface area contributed by atoms with Crippen molar-refractivity contribution in [1.82, 2.24) is 20.4 Å². The Hall–Kier alpha value is -3.45. The summed E-state index contributed by atoms with van der Waals surface area (Å²) in [4.78, 5) is 30.5. The molecule has 0 saturated carbocycles. The third-order valence-electron chi connectivity index (χ3n) is 7.81. The maximum absolute atomic E-state index is 13.8. The topological polar surface area (TPSA) is 64.7 Å². The third-order valence-corrected chi connectivity index (χ3v) is 8.06. The Morgan fingerprint density at radius 2 is 1.52 bits per heavy atom. The molecule has 1 aliphatic rings. The molecule has 0 aliphatic carbocycles. The molecule has 1 atom stereocenters. The predicted octanol–water partition coefficient (Wildman–Crippen LogP) is 5.59. The van der Waals surface area contributed by atoms with E-state index >= 15 is 0 Å². The summed E-state index contributed by atoms with van der Waals surface area (Å²) < 4.78 is 0. The number of nitrogens with zero attached hydrogens (tertiary/aromatic N) is 2. The number of likely N-dealkylation sites (tertiary alicyclic amines) is 1. The standard InChI is InChI=1S/C35H43ClN4O2/c1-39(27-32(29-11-4-2-5-12-29)30-13-6-3-7-14-30)35(42)33(15-10-26-40-24-8-9-25-40)37-22-23-38-34(41)21-18-28-16-19-31(36)20-17-28/h2-7,11-14,16-21,32-33,37H,8-10,15,22-27H2,1H3,(H,38,41)/b21-18+/t33-/m0/s1. The number of rotatable bonds is 15. The highest BCUT2D eigenvalue weighted by Crippen LogP contribution is 2.25. The Labute approximate surface area is 255 Å². The average Bonchev–Trinajstić information content (AvgIpc) is 3.55. The van der Waals surface area contributed by atoms with Gasteiger partial charge in [-0.15, -0.1) is 0 Å². The van der Waals surface area contributed by atoms with Gasteiger partial charge in [-0.25, -0.2) is 0 Å². The normalized spacial score (nSPS) is 14.4. The van der Waals surface area contributed by atoms with Gasteiger partial charge in [-0.05, 0) is 80.2 Å². The van der Waals surface area contributed by atoms with Crippen molar-refractivity contribution < 1.29 is 9.59 Å². The molecular formula is C35H43ClN4O2. The van der Waals surface area contributed by atoms with E-state index < -0.39 is 0 Å². The summed E-state index contributed by atoms with van der Waals surface area (Å²) in [6.45, 7) is 4.84. The SMILES string of the molecule is CN(CC(c1ccccc1)c1ccccc1)C(=O)[C@H](CCCN1CCCC1)NCCNC(=O)/C=C/c1ccc(Cl)cc1. The number of benzene rings is 3. The van der Waals surface area contributed by atoms with Crippen LogP contribution in [0.15, 0.2) is 91.0 Å². The molecule has 0 radical (unpaired) electrons. The molecule has 4 rings (SSSR count). The van der Waals surface area contributed by atoms with Gasteiger partial charge in [-0.3, -0.25) is 9.59 Å². The molecule has 1 aliphatic heterocycles. The van der Waals surface area contributed by atoms with Crippen molar-refractivity contribution in [3.05, 3.63) is 113 Å². The zero-order valence-electron chi connectivity index (χ0n) is 24.6. The van der Waals surface area contributed by atoms with Gasteiger partial charge in [0.25, 0.3) is 0 Å². The molecule has 1 heterocycles. The van der Waals surface area contributed by atoms with Crippen molar-refractivity contribution in [2.24, 2.45) is 0 Å². The Morgan fingerprint density at radius 1 is 0.905 bits per heavy atom. The van der Waals surface area contributed by atoms with Crippen molar-refractivity contribution in [2.45, 2.75) is 37.6 Å². The minimum atomic E-state index is -0.314. The van der Waals surface area contributed by atoms with Crippen LogP contribution >= 0.6 is 11.6 Å². The molecule has 6 nitrogen and oxygen atoms in total. The van der Waals surface area contributed by atoms with Gasteiger partial charge in [-0.1, -0.05) is 84.4 Å². The molecule has 3 aromatic rings. The van der Waals surface area contributed by atoms with Crippen LogP contribution in [0.3, 0.4) is 0 Å². The second-order valence-electron chi connectivity index (χ2n) is 11.0. The van der Waals surface area contributed by atoms with Crippen LogP contribution in [0.4, 0.5) is 0 Å². The largest absolute Gasteiger partial charge is 0.351 e. The molecule has 3 aromatic carbocycles. The van der Waals surface area contributed by atoms with Crippen LogP contribution in [0.2, 0.25) is 5.02 Å². The first-order valence-corrected chi connectivity index (χ1v) is 15.4. The van der Waals surface area contributed by atoms with Gasteiger partial charge in [0.2, 0.25) is 11.8 Å². The molecule has 42 heavy (non-hydrogen) atoms. The van der Waals surface area contributed by atoms with E-state index in [1.807, 2.05) is 36.2 Å². The maximum Gasteiger partial charge on any atom is 0.244 e. The lowest BCUT2D eigenvalue weighted by molar-refractivity contribution is -0.132. The fraction of sp³-hybridized carbons (Fsp3) is 0.371. The van der Waals surface area contributed by atoms with Gasteiger partial charge in [0, 0.05) is 43.7 Å². The first-order chi connectivity index (χ1) is 20.5. The smallest absolute Gasteiger partial charge is 0.244 e. The monoisotopic (exact) mass is 586 g/mol. The molecule has 0 spiro atoms. The third kappa shape index (κ3) is 10.1. The highest BCUT2D eigenvalue weighted by Gasteiger charge is 2.25. The molecular weight excluding hydrogens is 544 g/mol. The van der Waals surface area contributed by atoms with Crippen molar-refractivity contribution >= 4 is 29.5 Å². The number of carbonyl (C=O) groups excluding carboxylic acids is 2. The van der Waals surface area contributed by atoms with Gasteiger partial charge in [-0.2, -0.15) is 0 Å². The van der Waals surface area contributed by atoms with Crippen LogP contribution in [-0.4, -0.2) is 74.0 Å². The van der Waals surface area contributed by atoms with E-state index in [1.54, 1.807) is 18.2 Å². The van der Waals surface area contributed by atoms with Crippen molar-refractivity contribution in [1.29, 1.82) is 0 Å². The summed E-state index contributed by atoms with van der Waals surface area (Å²) in [6, 6.07) is 27.8. The average molecular weight is 587 g/mol. The summed E-state index contributed by atoms with van der Waals surface area (Å²) >= 11 is 5.93. The number of carbonyl (C=O) groups is 2. The van der Waals surface area contributed by atoms with Crippen LogP contribution in [0, 0.1) is 0 Å². The van der Waals surface area contributed by atoms with Crippen LogP contribution in [0.5, 0.6) is 0 Å². The molecule has 0 bridgehead atoms.